The van der Waals surface area contributed by atoms with Crippen molar-refractivity contribution in [3.63, 3.8) is 0 Å². The van der Waals surface area contributed by atoms with Crippen LogP contribution in [-0.2, 0) is 9.53 Å². The largest absolute Gasteiger partial charge is 0.462 e. The third-order valence-corrected chi connectivity index (χ3v) is 2.27. The number of esters is 1. The molecule has 3 nitrogen and oxygen atoms in total. The fourth-order valence-electron chi connectivity index (χ4n) is 1.41. The van der Waals surface area contributed by atoms with Gasteiger partial charge < -0.3 is 9.64 Å². The zero-order chi connectivity index (χ0) is 11.7. The summed E-state index contributed by atoms with van der Waals surface area (Å²) in [6.45, 7) is 10.8. The van der Waals surface area contributed by atoms with E-state index in [1.54, 1.807) is 13.0 Å². The van der Waals surface area contributed by atoms with Crippen molar-refractivity contribution in [2.24, 2.45) is 0 Å². The molecule has 0 aromatic heterocycles. The fourth-order valence-corrected chi connectivity index (χ4v) is 1.41. The second-order valence-electron chi connectivity index (χ2n) is 3.74. The van der Waals surface area contributed by atoms with Gasteiger partial charge >= 0.3 is 5.97 Å². The Bertz CT molecular complexity index is 200. The van der Waals surface area contributed by atoms with Gasteiger partial charge in [-0.15, -0.1) is 0 Å². The van der Waals surface area contributed by atoms with Crippen molar-refractivity contribution >= 4 is 5.97 Å². The molecule has 15 heavy (non-hydrogen) atoms. The van der Waals surface area contributed by atoms with Crippen molar-refractivity contribution in [3.8, 4) is 0 Å². The number of carbonyl (C=O) groups excluding carboxylic acids is 1. The van der Waals surface area contributed by atoms with Crippen molar-refractivity contribution in [2.75, 3.05) is 19.7 Å². The fraction of sp³-hybridized carbons (Fsp3) is 0.750. The Balaban J connectivity index is 3.56. The maximum absolute atomic E-state index is 11.0. The highest BCUT2D eigenvalue weighted by Crippen LogP contribution is 1.99. The summed E-state index contributed by atoms with van der Waals surface area (Å²) in [5, 5.41) is 0. The van der Waals surface area contributed by atoms with Gasteiger partial charge in [0.1, 0.15) is 0 Å². The normalized spacial score (nSPS) is 11.6. The van der Waals surface area contributed by atoms with E-state index < -0.39 is 0 Å². The Labute approximate surface area is 93.1 Å². The molecule has 0 heterocycles. The van der Waals surface area contributed by atoms with Crippen molar-refractivity contribution in [1.29, 1.82) is 0 Å². The van der Waals surface area contributed by atoms with Crippen molar-refractivity contribution in [1.82, 2.24) is 4.90 Å². The third-order valence-electron chi connectivity index (χ3n) is 2.27. The highest BCUT2D eigenvalue weighted by Gasteiger charge is 2.06. The van der Waals surface area contributed by atoms with E-state index in [2.05, 4.69) is 25.7 Å². The Hall–Kier alpha value is -0.830. The van der Waals surface area contributed by atoms with E-state index in [0.717, 1.165) is 19.5 Å². The first-order valence-electron chi connectivity index (χ1n) is 5.65. The monoisotopic (exact) mass is 213 g/mol. The Morgan fingerprint density at radius 2 is 2.13 bits per heavy atom. The lowest BCUT2D eigenvalue weighted by atomic mass is 10.3. The summed E-state index contributed by atoms with van der Waals surface area (Å²) in [6.07, 6.45) is 4.03. The van der Waals surface area contributed by atoms with Crippen molar-refractivity contribution in [3.05, 3.63) is 12.2 Å². The van der Waals surface area contributed by atoms with E-state index in [1.807, 2.05) is 0 Å². The van der Waals surface area contributed by atoms with Gasteiger partial charge in [-0.3, -0.25) is 0 Å². The minimum absolute atomic E-state index is 0.245. The number of nitrogens with zero attached hydrogens (tertiary/aromatic N) is 1. The van der Waals surface area contributed by atoms with Gasteiger partial charge in [0, 0.05) is 18.7 Å². The van der Waals surface area contributed by atoms with E-state index in [0.29, 0.717) is 12.6 Å². The molecule has 0 aliphatic rings. The molecule has 0 fully saturated rings. The Morgan fingerprint density at radius 1 is 1.47 bits per heavy atom. The quantitative estimate of drug-likeness (QED) is 0.369. The Kier molecular flexibility index (Phi) is 8.01. The highest BCUT2D eigenvalue weighted by atomic mass is 16.5. The predicted octanol–water partition coefficient (Wildman–Crippen LogP) is 2.23. The molecule has 0 aliphatic heterocycles. The van der Waals surface area contributed by atoms with Crippen LogP contribution in [0.1, 0.15) is 34.1 Å². The van der Waals surface area contributed by atoms with E-state index in [9.17, 15) is 4.79 Å². The van der Waals surface area contributed by atoms with Crippen LogP contribution in [0.4, 0.5) is 0 Å². The standard InChI is InChI=1S/C12H23NO2/c1-5-8-12(14)15-10-7-9-13(6-2)11(3)4/h5,8,11H,6-7,9-10H2,1-4H3/b8-5+. The van der Waals surface area contributed by atoms with E-state index in [4.69, 9.17) is 4.74 Å². The SMILES string of the molecule is C/C=C/C(=O)OCCCN(CC)C(C)C. The van der Waals surface area contributed by atoms with Gasteiger partial charge in [0.15, 0.2) is 0 Å². The molecule has 0 unspecified atom stereocenters. The average Bonchev–Trinajstić information content (AvgIpc) is 2.17. The maximum Gasteiger partial charge on any atom is 0.330 e. The zero-order valence-corrected chi connectivity index (χ0v) is 10.3. The molecule has 88 valence electrons. The summed E-state index contributed by atoms with van der Waals surface area (Å²) in [5.74, 6) is -0.245. The molecule has 0 saturated heterocycles. The first kappa shape index (κ1) is 14.2. The van der Waals surface area contributed by atoms with Crippen molar-refractivity contribution in [2.45, 2.75) is 40.2 Å². The van der Waals surface area contributed by atoms with E-state index in [1.165, 1.54) is 6.08 Å². The van der Waals surface area contributed by atoms with Gasteiger partial charge in [-0.05, 0) is 33.7 Å². The van der Waals surface area contributed by atoms with Crippen LogP contribution in [0.5, 0.6) is 0 Å². The van der Waals surface area contributed by atoms with Crippen molar-refractivity contribution < 1.29 is 9.53 Å². The lowest BCUT2D eigenvalue weighted by Crippen LogP contribution is -2.32. The van der Waals surface area contributed by atoms with E-state index >= 15 is 0 Å². The first-order valence-corrected chi connectivity index (χ1v) is 5.65. The van der Waals surface area contributed by atoms with Crippen LogP contribution in [-0.4, -0.2) is 36.6 Å². The van der Waals surface area contributed by atoms with Crippen LogP contribution in [0, 0.1) is 0 Å². The predicted molar refractivity (Wildman–Crippen MR) is 62.8 cm³/mol. The molecule has 0 saturated carbocycles. The van der Waals surface area contributed by atoms with Gasteiger partial charge in [0.25, 0.3) is 0 Å². The lowest BCUT2D eigenvalue weighted by molar-refractivity contribution is -0.137. The molecule has 0 aliphatic carbocycles. The van der Waals surface area contributed by atoms with Crippen LogP contribution in [0.15, 0.2) is 12.2 Å². The summed E-state index contributed by atoms with van der Waals surface area (Å²) in [7, 11) is 0. The molecular formula is C12H23NO2. The van der Waals surface area contributed by atoms with E-state index in [-0.39, 0.29) is 5.97 Å². The first-order chi connectivity index (χ1) is 7.11. The van der Waals surface area contributed by atoms with Crippen LogP contribution < -0.4 is 0 Å². The molecule has 0 radical (unpaired) electrons. The molecule has 0 aromatic rings. The maximum atomic E-state index is 11.0. The van der Waals surface area contributed by atoms with Crippen LogP contribution in [0.3, 0.4) is 0 Å². The molecule has 0 spiro atoms. The molecule has 0 amide bonds. The molecule has 3 heteroatoms. The molecule has 0 N–H and O–H groups in total. The average molecular weight is 213 g/mol. The number of hydrogen-bond donors (Lipinski definition) is 0. The van der Waals surface area contributed by atoms with Crippen LogP contribution >= 0.6 is 0 Å². The van der Waals surface area contributed by atoms with Gasteiger partial charge in [-0.25, -0.2) is 4.79 Å². The lowest BCUT2D eigenvalue weighted by Gasteiger charge is -2.24. The second kappa shape index (κ2) is 8.48. The summed E-state index contributed by atoms with van der Waals surface area (Å²) in [6, 6.07) is 0.557. The third kappa shape index (κ3) is 7.14. The van der Waals surface area contributed by atoms with Gasteiger partial charge in [-0.1, -0.05) is 13.0 Å². The number of rotatable bonds is 7. The zero-order valence-electron chi connectivity index (χ0n) is 10.3. The summed E-state index contributed by atoms with van der Waals surface area (Å²) < 4.78 is 5.00. The molecule has 0 aromatic carbocycles. The molecule has 0 bridgehead atoms. The molecular weight excluding hydrogens is 190 g/mol. The summed E-state index contributed by atoms with van der Waals surface area (Å²) in [5.41, 5.74) is 0. The number of ether oxygens (including phenoxy) is 1. The minimum atomic E-state index is -0.245. The topological polar surface area (TPSA) is 29.5 Å². The second-order valence-corrected chi connectivity index (χ2v) is 3.74. The molecule has 0 atom stereocenters. The number of allylic oxidation sites excluding steroid dienone is 1. The molecule has 0 rings (SSSR count). The number of hydrogen-bond acceptors (Lipinski definition) is 3. The summed E-state index contributed by atoms with van der Waals surface area (Å²) in [4.78, 5) is 13.3. The van der Waals surface area contributed by atoms with Gasteiger partial charge in [0.05, 0.1) is 6.61 Å². The smallest absolute Gasteiger partial charge is 0.330 e. The van der Waals surface area contributed by atoms with Gasteiger partial charge in [-0.2, -0.15) is 0 Å². The Morgan fingerprint density at radius 3 is 2.60 bits per heavy atom. The highest BCUT2D eigenvalue weighted by molar-refractivity contribution is 5.81. The van der Waals surface area contributed by atoms with Crippen LogP contribution in [0.2, 0.25) is 0 Å². The van der Waals surface area contributed by atoms with Gasteiger partial charge in [0.2, 0.25) is 0 Å². The van der Waals surface area contributed by atoms with Crippen LogP contribution in [0.25, 0.3) is 0 Å². The minimum Gasteiger partial charge on any atom is -0.462 e. The summed E-state index contributed by atoms with van der Waals surface area (Å²) >= 11 is 0. The number of carbonyl (C=O) groups is 1.